The molecule has 1 fully saturated rings. The maximum Gasteiger partial charge on any atom is 0.184 e. The van der Waals surface area contributed by atoms with Gasteiger partial charge in [0.2, 0.25) is 0 Å². The van der Waals surface area contributed by atoms with Gasteiger partial charge in [-0.1, -0.05) is 25.5 Å². The second kappa shape index (κ2) is 7.36. The van der Waals surface area contributed by atoms with E-state index in [9.17, 15) is 13.2 Å². The van der Waals surface area contributed by atoms with Gasteiger partial charge in [0.05, 0.1) is 18.8 Å². The van der Waals surface area contributed by atoms with Crippen LogP contribution in [0.3, 0.4) is 0 Å². The molecule has 3 rings (SSSR count). The number of hydrogen-bond acceptors (Lipinski definition) is 2. The van der Waals surface area contributed by atoms with Crippen LogP contribution < -0.4 is 0 Å². The third-order valence-electron chi connectivity index (χ3n) is 4.13. The zero-order valence-electron chi connectivity index (χ0n) is 13.4. The van der Waals surface area contributed by atoms with Crippen molar-refractivity contribution in [1.29, 1.82) is 0 Å². The molecule has 2 aromatic rings. The predicted molar refractivity (Wildman–Crippen MR) is 84.8 cm³/mol. The van der Waals surface area contributed by atoms with E-state index in [0.717, 1.165) is 12.8 Å². The first-order valence-corrected chi connectivity index (χ1v) is 8.06. The zero-order valence-corrected chi connectivity index (χ0v) is 13.4. The van der Waals surface area contributed by atoms with Gasteiger partial charge in [-0.05, 0) is 36.2 Å². The van der Waals surface area contributed by atoms with E-state index < -0.39 is 23.7 Å². The summed E-state index contributed by atoms with van der Waals surface area (Å²) >= 11 is 0. The molecule has 2 aromatic carbocycles. The molecule has 2 nitrogen and oxygen atoms in total. The van der Waals surface area contributed by atoms with E-state index in [1.165, 1.54) is 36.4 Å². The lowest BCUT2D eigenvalue weighted by molar-refractivity contribution is -0.206. The Morgan fingerprint density at radius 3 is 2.08 bits per heavy atom. The van der Waals surface area contributed by atoms with Crippen LogP contribution in [0.1, 0.15) is 31.6 Å². The quantitative estimate of drug-likeness (QED) is 0.761. The summed E-state index contributed by atoms with van der Waals surface area (Å²) in [5.74, 6) is -1.58. The van der Waals surface area contributed by atoms with Gasteiger partial charge in [0.15, 0.2) is 6.29 Å². The van der Waals surface area contributed by atoms with Crippen molar-refractivity contribution < 1.29 is 22.6 Å². The first kappa shape index (κ1) is 17.0. The van der Waals surface area contributed by atoms with Gasteiger partial charge in [-0.25, -0.2) is 13.2 Å². The molecular formula is C19H19F3O2. The molecule has 0 amide bonds. The maximum atomic E-state index is 14.4. The second-order valence-corrected chi connectivity index (χ2v) is 6.02. The number of halogens is 3. The van der Waals surface area contributed by atoms with E-state index in [1.807, 2.05) is 0 Å². The Morgan fingerprint density at radius 2 is 1.54 bits per heavy atom. The molecule has 0 aromatic heterocycles. The fourth-order valence-electron chi connectivity index (χ4n) is 2.93. The molecule has 0 unspecified atom stereocenters. The molecule has 5 heteroatoms. The van der Waals surface area contributed by atoms with Crippen molar-refractivity contribution >= 4 is 0 Å². The maximum absolute atomic E-state index is 14.4. The molecule has 0 atom stereocenters. The highest BCUT2D eigenvalue weighted by Gasteiger charge is 2.25. The van der Waals surface area contributed by atoms with Crippen LogP contribution in [0.4, 0.5) is 13.2 Å². The zero-order chi connectivity index (χ0) is 17.1. The van der Waals surface area contributed by atoms with Gasteiger partial charge in [0, 0.05) is 11.5 Å². The number of ether oxygens (including phenoxy) is 2. The van der Waals surface area contributed by atoms with Gasteiger partial charge < -0.3 is 9.47 Å². The predicted octanol–water partition coefficient (Wildman–Crippen LogP) is 5.23. The molecule has 0 aliphatic carbocycles. The number of hydrogen-bond donors (Lipinski definition) is 0. The number of benzene rings is 2. The van der Waals surface area contributed by atoms with Gasteiger partial charge in [0.1, 0.15) is 17.5 Å². The molecule has 1 aliphatic rings. The summed E-state index contributed by atoms with van der Waals surface area (Å²) in [5.41, 5.74) is 0.413. The van der Waals surface area contributed by atoms with Crippen LogP contribution in [0.5, 0.6) is 0 Å². The van der Waals surface area contributed by atoms with Crippen LogP contribution in [0, 0.1) is 23.4 Å². The first-order chi connectivity index (χ1) is 11.6. The van der Waals surface area contributed by atoms with Crippen LogP contribution in [0.2, 0.25) is 0 Å². The van der Waals surface area contributed by atoms with E-state index in [2.05, 4.69) is 6.92 Å². The van der Waals surface area contributed by atoms with Crippen molar-refractivity contribution in [1.82, 2.24) is 0 Å². The molecule has 128 valence electrons. The average Bonchev–Trinajstić information content (AvgIpc) is 2.57. The summed E-state index contributed by atoms with van der Waals surface area (Å²) < 4.78 is 53.0. The van der Waals surface area contributed by atoms with Crippen LogP contribution >= 0.6 is 0 Å². The van der Waals surface area contributed by atoms with Crippen LogP contribution in [0.15, 0.2) is 36.4 Å². The minimum absolute atomic E-state index is 0.182. The lowest BCUT2D eigenvalue weighted by atomic mass is 10.0. The van der Waals surface area contributed by atoms with Crippen molar-refractivity contribution in [2.45, 2.75) is 26.1 Å². The molecule has 1 saturated heterocycles. The van der Waals surface area contributed by atoms with Crippen molar-refractivity contribution in [3.8, 4) is 11.1 Å². The molecule has 0 radical (unpaired) electrons. The molecule has 0 N–H and O–H groups in total. The van der Waals surface area contributed by atoms with Gasteiger partial charge in [0.25, 0.3) is 0 Å². The van der Waals surface area contributed by atoms with E-state index >= 15 is 0 Å². The van der Waals surface area contributed by atoms with Crippen molar-refractivity contribution in [2.24, 2.45) is 5.92 Å². The molecule has 24 heavy (non-hydrogen) atoms. The second-order valence-electron chi connectivity index (χ2n) is 6.02. The Kier molecular flexibility index (Phi) is 5.21. The van der Waals surface area contributed by atoms with Crippen LogP contribution in [-0.4, -0.2) is 13.2 Å². The average molecular weight is 336 g/mol. The topological polar surface area (TPSA) is 18.5 Å². The highest BCUT2D eigenvalue weighted by Crippen LogP contribution is 2.32. The molecular weight excluding hydrogens is 317 g/mol. The largest absolute Gasteiger partial charge is 0.348 e. The summed E-state index contributed by atoms with van der Waals surface area (Å²) in [6, 6.07) is 7.46. The van der Waals surface area contributed by atoms with Crippen LogP contribution in [-0.2, 0) is 9.47 Å². The monoisotopic (exact) mass is 336 g/mol. The Hall–Kier alpha value is -1.85. The van der Waals surface area contributed by atoms with E-state index in [-0.39, 0.29) is 11.1 Å². The Bertz CT molecular complexity index is 669. The Labute approximate surface area is 139 Å². The molecule has 1 aliphatic heterocycles. The fraction of sp³-hybridized carbons (Fsp3) is 0.368. The molecule has 0 spiro atoms. The SMILES string of the molecule is CCCC1COC(c2cc(F)c(-c3ccc(F)cc3)c(F)c2)OC1. The Morgan fingerprint density at radius 1 is 0.958 bits per heavy atom. The summed E-state index contributed by atoms with van der Waals surface area (Å²) in [5, 5.41) is 0. The fourth-order valence-corrected chi connectivity index (χ4v) is 2.93. The first-order valence-electron chi connectivity index (χ1n) is 8.06. The van der Waals surface area contributed by atoms with Crippen molar-refractivity contribution in [2.75, 3.05) is 13.2 Å². The number of rotatable bonds is 4. The standard InChI is InChI=1S/C19H19F3O2/c1-2-3-12-10-23-19(24-11-12)14-8-16(21)18(17(22)9-14)13-4-6-15(20)7-5-13/h4-9,12,19H,2-3,10-11H2,1H3. The minimum atomic E-state index is -0.760. The molecule has 0 saturated carbocycles. The van der Waals surface area contributed by atoms with Gasteiger partial charge >= 0.3 is 0 Å². The van der Waals surface area contributed by atoms with Gasteiger partial charge in [-0.2, -0.15) is 0 Å². The third kappa shape index (κ3) is 3.62. The normalized spacial score (nSPS) is 21.0. The summed E-state index contributed by atoms with van der Waals surface area (Å²) in [7, 11) is 0. The van der Waals surface area contributed by atoms with Crippen molar-refractivity contribution in [3.63, 3.8) is 0 Å². The highest BCUT2D eigenvalue weighted by atomic mass is 19.1. The molecule has 0 bridgehead atoms. The molecule has 1 heterocycles. The minimum Gasteiger partial charge on any atom is -0.348 e. The summed E-state index contributed by atoms with van der Waals surface area (Å²) in [4.78, 5) is 0. The lowest BCUT2D eigenvalue weighted by Crippen LogP contribution is -2.27. The summed E-state index contributed by atoms with van der Waals surface area (Å²) in [6.07, 6.45) is 1.28. The van der Waals surface area contributed by atoms with E-state index in [4.69, 9.17) is 9.47 Å². The third-order valence-corrected chi connectivity index (χ3v) is 4.13. The lowest BCUT2D eigenvalue weighted by Gasteiger charge is -2.29. The van der Waals surface area contributed by atoms with Gasteiger partial charge in [-0.15, -0.1) is 0 Å². The van der Waals surface area contributed by atoms with Crippen LogP contribution in [0.25, 0.3) is 11.1 Å². The van der Waals surface area contributed by atoms with E-state index in [0.29, 0.717) is 24.7 Å². The summed E-state index contributed by atoms with van der Waals surface area (Å²) in [6.45, 7) is 3.12. The highest BCUT2D eigenvalue weighted by molar-refractivity contribution is 5.65. The Balaban J connectivity index is 1.81. The smallest absolute Gasteiger partial charge is 0.184 e. The van der Waals surface area contributed by atoms with Crippen molar-refractivity contribution in [3.05, 3.63) is 59.4 Å². The van der Waals surface area contributed by atoms with E-state index in [1.54, 1.807) is 0 Å². The van der Waals surface area contributed by atoms with Gasteiger partial charge in [-0.3, -0.25) is 0 Å².